The van der Waals surface area contributed by atoms with Crippen LogP contribution in [0.3, 0.4) is 0 Å². The Bertz CT molecular complexity index is 1010. The second-order valence-electron chi connectivity index (χ2n) is 6.08. The van der Waals surface area contributed by atoms with Crippen molar-refractivity contribution in [3.05, 3.63) is 70.6 Å². The van der Waals surface area contributed by atoms with E-state index in [1.807, 2.05) is 36.4 Å². The van der Waals surface area contributed by atoms with Crippen LogP contribution in [0.2, 0.25) is 0 Å². The Hall–Kier alpha value is -3.32. The molecule has 150 valence electrons. The quantitative estimate of drug-likeness (QED) is 0.591. The van der Waals surface area contributed by atoms with Gasteiger partial charge in [0.1, 0.15) is 21.9 Å². The summed E-state index contributed by atoms with van der Waals surface area (Å²) in [5.74, 6) is 0.197. The minimum absolute atomic E-state index is 0.245. The van der Waals surface area contributed by atoms with Gasteiger partial charge in [0.05, 0.1) is 21.3 Å². The molecule has 0 atom stereocenters. The highest BCUT2D eigenvalue weighted by molar-refractivity contribution is 7.17. The van der Waals surface area contributed by atoms with Gasteiger partial charge in [0, 0.05) is 11.4 Å². The SMILES string of the molecule is COC(=O)c1cc(CNC(=O)c2sc(-c3ccccc3)cc2OC)ccc1OC. The number of rotatable bonds is 7. The molecule has 0 aliphatic rings. The van der Waals surface area contributed by atoms with Gasteiger partial charge in [-0.3, -0.25) is 4.79 Å². The second kappa shape index (κ2) is 9.25. The average molecular weight is 411 g/mol. The lowest BCUT2D eigenvalue weighted by molar-refractivity contribution is 0.0597. The number of esters is 1. The fourth-order valence-electron chi connectivity index (χ4n) is 2.83. The van der Waals surface area contributed by atoms with E-state index in [1.165, 1.54) is 25.6 Å². The van der Waals surface area contributed by atoms with Crippen LogP contribution in [0, 0.1) is 0 Å². The first kappa shape index (κ1) is 20.4. The van der Waals surface area contributed by atoms with Gasteiger partial charge >= 0.3 is 5.97 Å². The molecular weight excluding hydrogens is 390 g/mol. The second-order valence-corrected chi connectivity index (χ2v) is 7.14. The van der Waals surface area contributed by atoms with Crippen LogP contribution in [0.4, 0.5) is 0 Å². The molecule has 1 N–H and O–H groups in total. The molecular formula is C22H21NO5S. The van der Waals surface area contributed by atoms with Gasteiger partial charge in [0.15, 0.2) is 0 Å². The average Bonchev–Trinajstić information content (AvgIpc) is 3.22. The van der Waals surface area contributed by atoms with Crippen LogP contribution in [0.15, 0.2) is 54.6 Å². The highest BCUT2D eigenvalue weighted by Gasteiger charge is 2.19. The standard InChI is InChI=1S/C22H21NO5S/c1-26-17-10-9-14(11-16(17)22(25)28-3)13-23-21(24)20-18(27-2)12-19(29-20)15-7-5-4-6-8-15/h4-12H,13H2,1-3H3,(H,23,24). The van der Waals surface area contributed by atoms with Gasteiger partial charge in [-0.15, -0.1) is 11.3 Å². The molecule has 29 heavy (non-hydrogen) atoms. The van der Waals surface area contributed by atoms with Crippen LogP contribution >= 0.6 is 11.3 Å². The third kappa shape index (κ3) is 4.57. The number of carbonyl (C=O) groups is 2. The van der Waals surface area contributed by atoms with Crippen molar-refractivity contribution in [2.75, 3.05) is 21.3 Å². The topological polar surface area (TPSA) is 73.9 Å². The number of carbonyl (C=O) groups excluding carboxylic acids is 2. The first-order valence-corrected chi connectivity index (χ1v) is 9.65. The van der Waals surface area contributed by atoms with E-state index in [0.717, 1.165) is 16.0 Å². The predicted molar refractivity (Wildman–Crippen MR) is 112 cm³/mol. The summed E-state index contributed by atoms with van der Waals surface area (Å²) in [4.78, 5) is 26.1. The molecule has 1 aromatic heterocycles. The van der Waals surface area contributed by atoms with Crippen LogP contribution in [-0.2, 0) is 11.3 Å². The molecule has 0 bridgehead atoms. The molecule has 0 fully saturated rings. The molecule has 6 nitrogen and oxygen atoms in total. The molecule has 2 aromatic carbocycles. The number of nitrogens with one attached hydrogen (secondary N) is 1. The maximum atomic E-state index is 12.7. The molecule has 0 aliphatic carbocycles. The molecule has 0 saturated carbocycles. The lowest BCUT2D eigenvalue weighted by Crippen LogP contribution is -2.22. The third-order valence-electron chi connectivity index (χ3n) is 4.30. The molecule has 3 aromatic rings. The summed E-state index contributed by atoms with van der Waals surface area (Å²) < 4.78 is 15.4. The Morgan fingerprint density at radius 2 is 1.66 bits per heavy atom. The number of methoxy groups -OCH3 is 3. The number of hydrogen-bond acceptors (Lipinski definition) is 6. The fraction of sp³-hybridized carbons (Fsp3) is 0.182. The summed E-state index contributed by atoms with van der Waals surface area (Å²) in [5.41, 5.74) is 2.08. The molecule has 0 unspecified atom stereocenters. The molecule has 0 aliphatic heterocycles. The Morgan fingerprint density at radius 3 is 2.31 bits per heavy atom. The van der Waals surface area contributed by atoms with Crippen LogP contribution in [-0.4, -0.2) is 33.2 Å². The summed E-state index contributed by atoms with van der Waals surface area (Å²) in [7, 11) is 4.33. The molecule has 0 spiro atoms. The maximum Gasteiger partial charge on any atom is 0.341 e. The molecule has 0 saturated heterocycles. The minimum atomic E-state index is -0.498. The van der Waals surface area contributed by atoms with E-state index in [0.29, 0.717) is 21.9 Å². The van der Waals surface area contributed by atoms with Gasteiger partial charge in [0.25, 0.3) is 5.91 Å². The van der Waals surface area contributed by atoms with E-state index < -0.39 is 5.97 Å². The van der Waals surface area contributed by atoms with Gasteiger partial charge in [0.2, 0.25) is 0 Å². The molecule has 1 amide bonds. The van der Waals surface area contributed by atoms with Crippen LogP contribution < -0.4 is 14.8 Å². The van der Waals surface area contributed by atoms with Gasteiger partial charge in [-0.1, -0.05) is 36.4 Å². The normalized spacial score (nSPS) is 10.3. The number of amides is 1. The third-order valence-corrected chi connectivity index (χ3v) is 5.47. The maximum absolute atomic E-state index is 12.7. The predicted octanol–water partition coefficient (Wildman–Crippen LogP) is 4.15. The first-order valence-electron chi connectivity index (χ1n) is 8.84. The van der Waals surface area contributed by atoms with Crippen molar-refractivity contribution < 1.29 is 23.8 Å². The van der Waals surface area contributed by atoms with Crippen molar-refractivity contribution in [1.29, 1.82) is 0 Å². The van der Waals surface area contributed by atoms with E-state index in [1.54, 1.807) is 25.3 Å². The molecule has 7 heteroatoms. The number of hydrogen-bond donors (Lipinski definition) is 1. The first-order chi connectivity index (χ1) is 14.1. The summed E-state index contributed by atoms with van der Waals surface area (Å²) in [6.07, 6.45) is 0. The van der Waals surface area contributed by atoms with Crippen LogP contribution in [0.25, 0.3) is 10.4 Å². The number of ether oxygens (including phenoxy) is 3. The summed E-state index contributed by atoms with van der Waals surface area (Å²) in [5, 5.41) is 2.87. The van der Waals surface area contributed by atoms with Crippen molar-refractivity contribution in [2.45, 2.75) is 6.54 Å². The highest BCUT2D eigenvalue weighted by atomic mass is 32.1. The van der Waals surface area contributed by atoms with Crippen molar-refractivity contribution in [1.82, 2.24) is 5.32 Å². The van der Waals surface area contributed by atoms with E-state index in [-0.39, 0.29) is 12.5 Å². The highest BCUT2D eigenvalue weighted by Crippen LogP contribution is 2.36. The zero-order chi connectivity index (χ0) is 20.8. The minimum Gasteiger partial charge on any atom is -0.496 e. The monoisotopic (exact) mass is 411 g/mol. The van der Waals surface area contributed by atoms with E-state index in [2.05, 4.69) is 5.32 Å². The van der Waals surface area contributed by atoms with Gasteiger partial charge < -0.3 is 19.5 Å². The van der Waals surface area contributed by atoms with E-state index in [4.69, 9.17) is 14.2 Å². The van der Waals surface area contributed by atoms with Gasteiger partial charge in [-0.05, 0) is 29.3 Å². The zero-order valence-corrected chi connectivity index (χ0v) is 17.2. The van der Waals surface area contributed by atoms with Crippen molar-refractivity contribution in [3.63, 3.8) is 0 Å². The lowest BCUT2D eigenvalue weighted by atomic mass is 10.1. The fourth-order valence-corrected chi connectivity index (χ4v) is 3.87. The number of benzene rings is 2. The van der Waals surface area contributed by atoms with Crippen LogP contribution in [0.1, 0.15) is 25.6 Å². The van der Waals surface area contributed by atoms with Crippen molar-refractivity contribution in [2.24, 2.45) is 0 Å². The van der Waals surface area contributed by atoms with E-state index in [9.17, 15) is 9.59 Å². The Labute approximate surface area is 173 Å². The number of thiophene rings is 1. The summed E-state index contributed by atoms with van der Waals surface area (Å²) in [6, 6.07) is 16.8. The van der Waals surface area contributed by atoms with Crippen LogP contribution in [0.5, 0.6) is 11.5 Å². The Balaban J connectivity index is 1.78. The molecule has 1 heterocycles. The van der Waals surface area contributed by atoms with Gasteiger partial charge in [-0.2, -0.15) is 0 Å². The lowest BCUT2D eigenvalue weighted by Gasteiger charge is -2.10. The largest absolute Gasteiger partial charge is 0.496 e. The Morgan fingerprint density at radius 1 is 0.931 bits per heavy atom. The summed E-state index contributed by atoms with van der Waals surface area (Å²) >= 11 is 1.37. The van der Waals surface area contributed by atoms with Gasteiger partial charge in [-0.25, -0.2) is 4.79 Å². The van der Waals surface area contributed by atoms with Crippen molar-refractivity contribution >= 4 is 23.2 Å². The van der Waals surface area contributed by atoms with Crippen molar-refractivity contribution in [3.8, 4) is 21.9 Å². The summed E-state index contributed by atoms with van der Waals surface area (Å²) in [6.45, 7) is 0.245. The zero-order valence-electron chi connectivity index (χ0n) is 16.4. The van der Waals surface area contributed by atoms with E-state index >= 15 is 0 Å². The molecule has 0 radical (unpaired) electrons. The Kier molecular flexibility index (Phi) is 6.51. The smallest absolute Gasteiger partial charge is 0.341 e. The molecule has 3 rings (SSSR count).